The summed E-state index contributed by atoms with van der Waals surface area (Å²) >= 11 is 0. The van der Waals surface area contributed by atoms with Crippen LogP contribution in [0.4, 0.5) is 4.79 Å². The molecule has 0 N–H and O–H groups in total. The van der Waals surface area contributed by atoms with Crippen LogP contribution >= 0.6 is 0 Å². The fraction of sp³-hybridized carbons (Fsp3) is 0.750. The van der Waals surface area contributed by atoms with Gasteiger partial charge in [0.05, 0.1) is 25.5 Å². The lowest BCUT2D eigenvalue weighted by molar-refractivity contribution is 0.0841. The van der Waals surface area contributed by atoms with E-state index in [4.69, 9.17) is 14.5 Å². The topological polar surface area (TPSA) is 67.8 Å². The van der Waals surface area contributed by atoms with Crippen molar-refractivity contribution in [3.8, 4) is 5.88 Å². The van der Waals surface area contributed by atoms with Gasteiger partial charge in [0.2, 0.25) is 5.88 Å². The number of hydrogen-bond donors (Lipinski definition) is 0. The predicted octanol–water partition coefficient (Wildman–Crippen LogP) is 2.21. The zero-order valence-corrected chi connectivity index (χ0v) is 16.3. The van der Waals surface area contributed by atoms with Crippen LogP contribution in [0.15, 0.2) is 0 Å². The van der Waals surface area contributed by atoms with E-state index in [1.165, 1.54) is 0 Å². The van der Waals surface area contributed by atoms with E-state index in [1.54, 1.807) is 0 Å². The van der Waals surface area contributed by atoms with E-state index in [9.17, 15) is 4.79 Å². The van der Waals surface area contributed by atoms with Gasteiger partial charge in [0.25, 0.3) is 0 Å². The number of nitrogens with zero attached hydrogens (tertiary/aromatic N) is 4. The van der Waals surface area contributed by atoms with E-state index in [0.29, 0.717) is 25.6 Å². The Morgan fingerprint density at radius 3 is 2.70 bits per heavy atom. The number of likely N-dealkylation sites (tertiary alicyclic amines) is 2. The van der Waals surface area contributed by atoms with Crippen LogP contribution in [0.5, 0.6) is 5.88 Å². The molecule has 4 rings (SSSR count). The molecule has 0 radical (unpaired) electrons. The zero-order chi connectivity index (χ0) is 18.6. The molecule has 4 heterocycles. The molecule has 0 spiro atoms. The fourth-order valence-corrected chi connectivity index (χ4v) is 4.19. The first-order chi connectivity index (χ1) is 13.2. The molecule has 0 saturated carbocycles. The molecule has 1 aromatic rings. The van der Waals surface area contributed by atoms with E-state index in [0.717, 1.165) is 81.7 Å². The first-order valence-corrected chi connectivity index (χ1v) is 10.4. The number of carbonyl (C=O) groups is 1. The van der Waals surface area contributed by atoms with Gasteiger partial charge in [-0.05, 0) is 25.7 Å². The molecule has 2 fully saturated rings. The number of fused-ring (bicyclic) bond motifs is 1. The average molecular weight is 374 g/mol. The Kier molecular flexibility index (Phi) is 5.76. The SMILES string of the molecule is CCc1nc2c(c(OC3CCCN(C(=O)N4CCCC4)C3)n1)CCOCC2. The second kappa shape index (κ2) is 8.42. The molecular formula is C20H30N4O3. The molecule has 2 saturated heterocycles. The van der Waals surface area contributed by atoms with Crippen LogP contribution < -0.4 is 4.74 Å². The molecule has 7 nitrogen and oxygen atoms in total. The van der Waals surface area contributed by atoms with Gasteiger partial charge < -0.3 is 19.3 Å². The van der Waals surface area contributed by atoms with Gasteiger partial charge in [0, 0.05) is 44.5 Å². The van der Waals surface area contributed by atoms with Gasteiger partial charge in [0.1, 0.15) is 11.9 Å². The maximum absolute atomic E-state index is 12.7. The quantitative estimate of drug-likeness (QED) is 0.811. The maximum atomic E-state index is 12.7. The van der Waals surface area contributed by atoms with Crippen molar-refractivity contribution in [3.05, 3.63) is 17.1 Å². The third-order valence-corrected chi connectivity index (χ3v) is 5.70. The molecule has 1 atom stereocenters. The standard InChI is InChI=1S/C20H30N4O3/c1-2-18-21-17-8-13-26-12-7-16(17)19(22-18)27-15-6-5-11-24(14-15)20(25)23-9-3-4-10-23/h15H,2-14H2,1H3. The highest BCUT2D eigenvalue weighted by molar-refractivity contribution is 5.74. The number of carbonyl (C=O) groups excluding carboxylic acids is 1. The lowest BCUT2D eigenvalue weighted by Gasteiger charge is -2.35. The summed E-state index contributed by atoms with van der Waals surface area (Å²) in [7, 11) is 0. The molecule has 0 aromatic carbocycles. The summed E-state index contributed by atoms with van der Waals surface area (Å²) in [4.78, 5) is 26.1. The minimum absolute atomic E-state index is 0.00168. The van der Waals surface area contributed by atoms with Crippen LogP contribution in [-0.4, -0.2) is 71.3 Å². The van der Waals surface area contributed by atoms with Crippen molar-refractivity contribution >= 4 is 6.03 Å². The van der Waals surface area contributed by atoms with E-state index in [2.05, 4.69) is 11.9 Å². The van der Waals surface area contributed by atoms with Crippen molar-refractivity contribution in [2.24, 2.45) is 0 Å². The summed E-state index contributed by atoms with van der Waals surface area (Å²) in [6.07, 6.45) is 6.56. The van der Waals surface area contributed by atoms with Gasteiger partial charge in [-0.1, -0.05) is 6.92 Å². The maximum Gasteiger partial charge on any atom is 0.320 e. The Labute approximate surface area is 161 Å². The molecule has 0 aliphatic carbocycles. The number of amides is 2. The van der Waals surface area contributed by atoms with Crippen molar-refractivity contribution in [1.29, 1.82) is 0 Å². The molecule has 3 aliphatic rings. The van der Waals surface area contributed by atoms with Gasteiger partial charge in [0.15, 0.2) is 0 Å². The van der Waals surface area contributed by atoms with E-state index >= 15 is 0 Å². The van der Waals surface area contributed by atoms with E-state index in [1.807, 2.05) is 9.80 Å². The Bertz CT molecular complexity index is 675. The number of urea groups is 1. The lowest BCUT2D eigenvalue weighted by atomic mass is 10.1. The number of ether oxygens (including phenoxy) is 2. The van der Waals surface area contributed by atoms with Gasteiger partial charge in [-0.25, -0.2) is 9.78 Å². The van der Waals surface area contributed by atoms with Crippen LogP contribution in [0, 0.1) is 0 Å². The van der Waals surface area contributed by atoms with Gasteiger partial charge in [-0.2, -0.15) is 4.98 Å². The number of hydrogen-bond acceptors (Lipinski definition) is 5. The monoisotopic (exact) mass is 374 g/mol. The van der Waals surface area contributed by atoms with Crippen LogP contribution in [0.1, 0.15) is 49.7 Å². The summed E-state index contributed by atoms with van der Waals surface area (Å²) < 4.78 is 12.0. The summed E-state index contributed by atoms with van der Waals surface area (Å²) in [5, 5.41) is 0. The van der Waals surface area contributed by atoms with Crippen molar-refractivity contribution < 1.29 is 14.3 Å². The Morgan fingerprint density at radius 1 is 1.11 bits per heavy atom. The molecule has 3 aliphatic heterocycles. The van der Waals surface area contributed by atoms with E-state index in [-0.39, 0.29) is 12.1 Å². The highest BCUT2D eigenvalue weighted by atomic mass is 16.5. The highest BCUT2D eigenvalue weighted by Gasteiger charge is 2.30. The number of piperidine rings is 1. The van der Waals surface area contributed by atoms with Gasteiger partial charge in [-0.15, -0.1) is 0 Å². The third-order valence-electron chi connectivity index (χ3n) is 5.70. The Hall–Kier alpha value is -1.89. The molecule has 2 amide bonds. The normalized spacial score (nSPS) is 23.1. The van der Waals surface area contributed by atoms with Crippen molar-refractivity contribution in [1.82, 2.24) is 19.8 Å². The van der Waals surface area contributed by atoms with Crippen LogP contribution in [0.25, 0.3) is 0 Å². The first kappa shape index (κ1) is 18.5. The number of aromatic nitrogens is 2. The Balaban J connectivity index is 1.48. The van der Waals surface area contributed by atoms with Crippen molar-refractivity contribution in [2.45, 2.75) is 58.0 Å². The van der Waals surface area contributed by atoms with Crippen molar-refractivity contribution in [3.63, 3.8) is 0 Å². The first-order valence-electron chi connectivity index (χ1n) is 10.4. The predicted molar refractivity (Wildman–Crippen MR) is 101 cm³/mol. The average Bonchev–Trinajstić information content (AvgIpc) is 3.13. The fourth-order valence-electron chi connectivity index (χ4n) is 4.19. The minimum atomic E-state index is -0.00168. The smallest absolute Gasteiger partial charge is 0.320 e. The molecule has 0 bridgehead atoms. The van der Waals surface area contributed by atoms with Crippen LogP contribution in [0.2, 0.25) is 0 Å². The van der Waals surface area contributed by atoms with E-state index < -0.39 is 0 Å². The van der Waals surface area contributed by atoms with Gasteiger partial charge in [-0.3, -0.25) is 0 Å². The van der Waals surface area contributed by atoms with Crippen LogP contribution in [-0.2, 0) is 24.0 Å². The zero-order valence-electron chi connectivity index (χ0n) is 16.3. The molecule has 7 heteroatoms. The molecular weight excluding hydrogens is 344 g/mol. The number of rotatable bonds is 3. The largest absolute Gasteiger partial charge is 0.472 e. The summed E-state index contributed by atoms with van der Waals surface area (Å²) in [6.45, 7) is 6.70. The molecule has 1 unspecified atom stereocenters. The van der Waals surface area contributed by atoms with Crippen molar-refractivity contribution in [2.75, 3.05) is 39.4 Å². The second-order valence-electron chi connectivity index (χ2n) is 7.64. The number of aryl methyl sites for hydroxylation is 1. The highest BCUT2D eigenvalue weighted by Crippen LogP contribution is 2.26. The lowest BCUT2D eigenvalue weighted by Crippen LogP contribution is -2.49. The molecule has 148 valence electrons. The summed E-state index contributed by atoms with van der Waals surface area (Å²) in [5.74, 6) is 1.54. The summed E-state index contributed by atoms with van der Waals surface area (Å²) in [5.41, 5.74) is 2.16. The minimum Gasteiger partial charge on any atom is -0.472 e. The van der Waals surface area contributed by atoms with Gasteiger partial charge >= 0.3 is 6.03 Å². The molecule has 27 heavy (non-hydrogen) atoms. The van der Waals surface area contributed by atoms with Crippen LogP contribution in [0.3, 0.4) is 0 Å². The second-order valence-corrected chi connectivity index (χ2v) is 7.64. The third kappa shape index (κ3) is 4.18. The molecule has 1 aromatic heterocycles. The summed E-state index contributed by atoms with van der Waals surface area (Å²) in [6, 6.07) is 0.171. The Morgan fingerprint density at radius 2 is 1.89 bits per heavy atom.